The van der Waals surface area contributed by atoms with Crippen LogP contribution in [0.5, 0.6) is 0 Å². The fourth-order valence-corrected chi connectivity index (χ4v) is 4.20. The Morgan fingerprint density at radius 3 is 3.00 bits per heavy atom. The molecule has 0 saturated carbocycles. The van der Waals surface area contributed by atoms with E-state index in [1.165, 1.54) is 21.8 Å². The van der Waals surface area contributed by atoms with Crippen molar-refractivity contribution < 1.29 is 9.59 Å². The van der Waals surface area contributed by atoms with Gasteiger partial charge in [-0.25, -0.2) is 0 Å². The second-order valence-electron chi connectivity index (χ2n) is 5.21. The van der Waals surface area contributed by atoms with Crippen molar-refractivity contribution >= 4 is 34.5 Å². The Kier molecular flexibility index (Phi) is 4.56. The zero-order chi connectivity index (χ0) is 15.5. The summed E-state index contributed by atoms with van der Waals surface area (Å²) in [4.78, 5) is 27.4. The first kappa shape index (κ1) is 15.2. The summed E-state index contributed by atoms with van der Waals surface area (Å²) in [6.07, 6.45) is 1.09. The van der Waals surface area contributed by atoms with E-state index in [9.17, 15) is 9.59 Å². The highest BCUT2D eigenvalue weighted by molar-refractivity contribution is 7.12. The minimum atomic E-state index is -0.504. The van der Waals surface area contributed by atoms with Gasteiger partial charge in [0.15, 0.2) is 0 Å². The lowest BCUT2D eigenvalue weighted by Crippen LogP contribution is -2.37. The fourth-order valence-electron chi connectivity index (χ4n) is 2.50. The molecule has 3 heterocycles. The number of rotatable bonds is 5. The Morgan fingerprint density at radius 2 is 2.23 bits per heavy atom. The summed E-state index contributed by atoms with van der Waals surface area (Å²) >= 11 is 3.06. The van der Waals surface area contributed by atoms with Gasteiger partial charge in [0.1, 0.15) is 0 Å². The number of nitrogens with one attached hydrogen (secondary N) is 1. The topological polar surface area (TPSA) is 75.4 Å². The van der Waals surface area contributed by atoms with E-state index in [0.717, 1.165) is 26.1 Å². The largest absolute Gasteiger partial charge is 0.366 e. The highest BCUT2D eigenvalue weighted by Crippen LogP contribution is 2.23. The van der Waals surface area contributed by atoms with Crippen LogP contribution in [0, 0.1) is 0 Å². The third-order valence-corrected chi connectivity index (χ3v) is 5.66. The molecule has 5 nitrogen and oxygen atoms in total. The zero-order valence-corrected chi connectivity index (χ0v) is 13.6. The number of carbonyl (C=O) groups excluding carboxylic acids is 2. The van der Waals surface area contributed by atoms with Gasteiger partial charge in [0.05, 0.1) is 10.4 Å². The smallest absolute Gasteiger partial charge is 0.261 e. The van der Waals surface area contributed by atoms with Crippen LogP contribution in [0.2, 0.25) is 0 Å². The molecule has 2 aromatic rings. The number of primary amides is 1. The first-order valence-corrected chi connectivity index (χ1v) is 8.83. The molecule has 2 aromatic heterocycles. The maximum absolute atomic E-state index is 12.0. The van der Waals surface area contributed by atoms with Crippen LogP contribution < -0.4 is 11.1 Å². The van der Waals surface area contributed by atoms with Crippen LogP contribution in [0.25, 0.3) is 0 Å². The molecule has 2 amide bonds. The molecule has 1 aliphatic rings. The van der Waals surface area contributed by atoms with Crippen LogP contribution in [0.3, 0.4) is 0 Å². The molecule has 3 N–H and O–H groups in total. The Balaban J connectivity index is 1.47. The van der Waals surface area contributed by atoms with Gasteiger partial charge in [-0.3, -0.25) is 14.5 Å². The maximum atomic E-state index is 12.0. The van der Waals surface area contributed by atoms with Crippen molar-refractivity contribution in [3.05, 3.63) is 43.8 Å². The average Bonchev–Trinajstić information content (AvgIpc) is 3.16. The summed E-state index contributed by atoms with van der Waals surface area (Å²) in [5.41, 5.74) is 6.98. The predicted octanol–water partition coefficient (Wildman–Crippen LogP) is 1.70. The van der Waals surface area contributed by atoms with Crippen molar-refractivity contribution in [2.75, 3.05) is 19.6 Å². The van der Waals surface area contributed by atoms with E-state index in [1.54, 1.807) is 11.4 Å². The van der Waals surface area contributed by atoms with Gasteiger partial charge in [-0.15, -0.1) is 22.7 Å². The number of hydrogen-bond donors (Lipinski definition) is 2. The summed E-state index contributed by atoms with van der Waals surface area (Å²) in [5, 5.41) is 6.65. The lowest BCUT2D eigenvalue weighted by molar-refractivity contribution is 0.0951. The summed E-state index contributed by atoms with van der Waals surface area (Å²) in [6, 6.07) is 3.72. The van der Waals surface area contributed by atoms with Gasteiger partial charge in [0.2, 0.25) is 5.91 Å². The molecule has 0 aliphatic carbocycles. The molecule has 0 fully saturated rings. The van der Waals surface area contributed by atoms with Crippen LogP contribution >= 0.6 is 22.7 Å². The molecule has 0 radical (unpaired) electrons. The van der Waals surface area contributed by atoms with E-state index >= 15 is 0 Å². The van der Waals surface area contributed by atoms with Crippen LogP contribution in [-0.4, -0.2) is 36.3 Å². The van der Waals surface area contributed by atoms with Crippen LogP contribution in [0.1, 0.15) is 30.5 Å². The molecule has 1 aliphatic heterocycles. The second kappa shape index (κ2) is 6.60. The van der Waals surface area contributed by atoms with Gasteiger partial charge in [0, 0.05) is 36.4 Å². The van der Waals surface area contributed by atoms with Gasteiger partial charge in [0.25, 0.3) is 5.91 Å². The van der Waals surface area contributed by atoms with Crippen molar-refractivity contribution in [1.82, 2.24) is 10.2 Å². The van der Waals surface area contributed by atoms with Gasteiger partial charge in [-0.2, -0.15) is 0 Å². The average molecular weight is 335 g/mol. The number of amides is 2. The monoisotopic (exact) mass is 335 g/mol. The fraction of sp³-hybridized carbons (Fsp3) is 0.333. The first-order valence-electron chi connectivity index (χ1n) is 7.07. The van der Waals surface area contributed by atoms with Crippen LogP contribution in [0.15, 0.2) is 22.9 Å². The SMILES string of the molecule is NC(=O)c1csc(C(=O)NCCN2CCc3sccc3C2)c1. The van der Waals surface area contributed by atoms with Gasteiger partial charge in [-0.05, 0) is 29.5 Å². The molecule has 0 aromatic carbocycles. The van der Waals surface area contributed by atoms with Crippen molar-refractivity contribution in [2.24, 2.45) is 5.73 Å². The molecule has 116 valence electrons. The van der Waals surface area contributed by atoms with E-state index < -0.39 is 5.91 Å². The molecule has 0 atom stereocenters. The Labute approximate surface area is 136 Å². The van der Waals surface area contributed by atoms with Gasteiger partial charge >= 0.3 is 0 Å². The third kappa shape index (κ3) is 3.37. The molecule has 0 bridgehead atoms. The van der Waals surface area contributed by atoms with Crippen LogP contribution in [0.4, 0.5) is 0 Å². The molecule has 22 heavy (non-hydrogen) atoms. The van der Waals surface area contributed by atoms with Crippen molar-refractivity contribution in [1.29, 1.82) is 0 Å². The second-order valence-corrected chi connectivity index (χ2v) is 7.13. The Hall–Kier alpha value is -1.70. The highest BCUT2D eigenvalue weighted by atomic mass is 32.1. The van der Waals surface area contributed by atoms with E-state index in [0.29, 0.717) is 17.0 Å². The standard InChI is InChI=1S/C15H17N3O2S2/c16-14(19)11-7-13(22-9-11)15(20)17-3-5-18-4-1-12-10(8-18)2-6-21-12/h2,6-7,9H,1,3-5,8H2,(H2,16,19)(H,17,20). The van der Waals surface area contributed by atoms with Gasteiger partial charge < -0.3 is 11.1 Å². The van der Waals surface area contributed by atoms with E-state index in [2.05, 4.69) is 21.7 Å². The molecule has 7 heteroatoms. The minimum absolute atomic E-state index is 0.147. The number of hydrogen-bond acceptors (Lipinski definition) is 5. The quantitative estimate of drug-likeness (QED) is 0.873. The number of nitrogens with zero attached hydrogens (tertiary/aromatic N) is 1. The normalized spacial score (nSPS) is 14.5. The molecular weight excluding hydrogens is 318 g/mol. The molecule has 0 spiro atoms. The summed E-state index contributed by atoms with van der Waals surface area (Å²) in [6.45, 7) is 3.42. The lowest BCUT2D eigenvalue weighted by Gasteiger charge is -2.26. The first-order chi connectivity index (χ1) is 10.6. The van der Waals surface area contributed by atoms with Gasteiger partial charge in [-0.1, -0.05) is 0 Å². The molecule has 0 saturated heterocycles. The lowest BCUT2D eigenvalue weighted by atomic mass is 10.1. The highest BCUT2D eigenvalue weighted by Gasteiger charge is 2.17. The van der Waals surface area contributed by atoms with Crippen molar-refractivity contribution in [3.8, 4) is 0 Å². The van der Waals surface area contributed by atoms with E-state index in [-0.39, 0.29) is 5.91 Å². The maximum Gasteiger partial charge on any atom is 0.261 e. The predicted molar refractivity (Wildman–Crippen MR) is 88.5 cm³/mol. The summed E-state index contributed by atoms with van der Waals surface area (Å²) in [7, 11) is 0. The van der Waals surface area contributed by atoms with Crippen LogP contribution in [-0.2, 0) is 13.0 Å². The Bertz CT molecular complexity index is 693. The number of fused-ring (bicyclic) bond motifs is 1. The summed E-state index contributed by atoms with van der Waals surface area (Å²) < 4.78 is 0. The molecular formula is C15H17N3O2S2. The minimum Gasteiger partial charge on any atom is -0.366 e. The van der Waals surface area contributed by atoms with Crippen molar-refractivity contribution in [3.63, 3.8) is 0 Å². The van der Waals surface area contributed by atoms with E-state index in [4.69, 9.17) is 5.73 Å². The number of carbonyl (C=O) groups is 2. The molecule has 3 rings (SSSR count). The number of thiophene rings is 2. The molecule has 0 unspecified atom stereocenters. The number of nitrogens with two attached hydrogens (primary N) is 1. The van der Waals surface area contributed by atoms with E-state index in [1.807, 2.05) is 11.3 Å². The third-order valence-electron chi connectivity index (χ3n) is 3.71. The summed E-state index contributed by atoms with van der Waals surface area (Å²) in [5.74, 6) is -0.652. The Morgan fingerprint density at radius 1 is 1.36 bits per heavy atom. The zero-order valence-electron chi connectivity index (χ0n) is 12.0. The van der Waals surface area contributed by atoms with Crippen molar-refractivity contribution in [2.45, 2.75) is 13.0 Å².